The van der Waals surface area contributed by atoms with Crippen molar-refractivity contribution in [3.63, 3.8) is 0 Å². The fourth-order valence-corrected chi connectivity index (χ4v) is 2.02. The van der Waals surface area contributed by atoms with Crippen LogP contribution >= 0.6 is 11.6 Å². The summed E-state index contributed by atoms with van der Waals surface area (Å²) in [5.41, 5.74) is -0.990. The Morgan fingerprint density at radius 2 is 2.00 bits per heavy atom. The Bertz CT molecular complexity index is 747. The third kappa shape index (κ3) is 4.13. The summed E-state index contributed by atoms with van der Waals surface area (Å²) in [6.07, 6.45) is -1.85. The van der Waals surface area contributed by atoms with Gasteiger partial charge < -0.3 is 10.6 Å². The van der Waals surface area contributed by atoms with Crippen LogP contribution in [-0.4, -0.2) is 27.9 Å². The molecule has 0 fully saturated rings. The molecule has 0 atom stereocenters. The van der Waals surface area contributed by atoms with Crippen molar-refractivity contribution in [3.8, 4) is 0 Å². The average Bonchev–Trinajstić information content (AvgIpc) is 2.50. The van der Waals surface area contributed by atoms with Crippen molar-refractivity contribution in [2.75, 3.05) is 23.7 Å². The number of hydrogen-bond donors (Lipinski definition) is 2. The number of rotatable bonds is 5. The number of alkyl halides is 3. The number of anilines is 2. The van der Waals surface area contributed by atoms with Crippen LogP contribution in [0.15, 0.2) is 29.3 Å². The van der Waals surface area contributed by atoms with E-state index in [4.69, 9.17) is 11.6 Å². The molecule has 2 N–H and O–H groups in total. The van der Waals surface area contributed by atoms with E-state index in [9.17, 15) is 18.0 Å². The molecule has 0 aliphatic rings. The minimum Gasteiger partial charge on any atom is -0.381 e. The normalized spacial score (nSPS) is 11.3. The predicted octanol–water partition coefficient (Wildman–Crippen LogP) is 2.37. The van der Waals surface area contributed by atoms with Crippen LogP contribution in [0.3, 0.4) is 0 Å². The van der Waals surface area contributed by atoms with Gasteiger partial charge in [0.15, 0.2) is 0 Å². The largest absolute Gasteiger partial charge is 0.419 e. The number of nitrogens with one attached hydrogen (secondary N) is 2. The summed E-state index contributed by atoms with van der Waals surface area (Å²) in [6.45, 7) is 0.369. The lowest BCUT2D eigenvalue weighted by Gasteiger charge is -2.14. The second kappa shape index (κ2) is 6.86. The minimum absolute atomic E-state index is 0.0312. The molecule has 2 rings (SSSR count). The number of aromatic nitrogens is 3. The van der Waals surface area contributed by atoms with E-state index in [2.05, 4.69) is 20.7 Å². The Morgan fingerprint density at radius 3 is 2.70 bits per heavy atom. The van der Waals surface area contributed by atoms with Crippen molar-refractivity contribution in [1.82, 2.24) is 14.8 Å². The smallest absolute Gasteiger partial charge is 0.381 e. The van der Waals surface area contributed by atoms with Crippen LogP contribution in [0.4, 0.5) is 24.7 Å². The first kappa shape index (κ1) is 17.1. The molecular weight excluding hydrogens is 335 g/mol. The van der Waals surface area contributed by atoms with Crippen molar-refractivity contribution < 1.29 is 13.2 Å². The summed E-state index contributed by atoms with van der Waals surface area (Å²) < 4.78 is 39.5. The number of hydrogen-bond acceptors (Lipinski definition) is 5. The van der Waals surface area contributed by atoms with Gasteiger partial charge in [0, 0.05) is 26.3 Å². The van der Waals surface area contributed by atoms with Crippen LogP contribution in [0, 0.1) is 0 Å². The SMILES string of the molecule is Cn1ncc(NCCNc2ncccc2C(F)(F)F)c(Cl)c1=O. The van der Waals surface area contributed by atoms with Crippen molar-refractivity contribution in [3.05, 3.63) is 45.5 Å². The van der Waals surface area contributed by atoms with Gasteiger partial charge in [0.1, 0.15) is 10.8 Å². The van der Waals surface area contributed by atoms with Crippen LogP contribution in [0.1, 0.15) is 5.56 Å². The molecule has 0 saturated carbocycles. The van der Waals surface area contributed by atoms with Crippen molar-refractivity contribution in [2.24, 2.45) is 7.05 Å². The Hall–Kier alpha value is -2.29. The van der Waals surface area contributed by atoms with E-state index >= 15 is 0 Å². The first-order valence-electron chi connectivity index (χ1n) is 6.52. The van der Waals surface area contributed by atoms with Gasteiger partial charge in [0.25, 0.3) is 5.56 Å². The monoisotopic (exact) mass is 347 g/mol. The number of halogens is 4. The van der Waals surface area contributed by atoms with Crippen molar-refractivity contribution in [2.45, 2.75) is 6.18 Å². The Morgan fingerprint density at radius 1 is 1.30 bits per heavy atom. The van der Waals surface area contributed by atoms with E-state index in [0.29, 0.717) is 5.69 Å². The van der Waals surface area contributed by atoms with E-state index < -0.39 is 17.3 Å². The van der Waals surface area contributed by atoms with E-state index in [-0.39, 0.29) is 23.9 Å². The maximum absolute atomic E-state index is 12.8. The predicted molar refractivity (Wildman–Crippen MR) is 80.7 cm³/mol. The van der Waals surface area contributed by atoms with Gasteiger partial charge in [-0.05, 0) is 12.1 Å². The van der Waals surface area contributed by atoms with Gasteiger partial charge in [-0.2, -0.15) is 18.3 Å². The summed E-state index contributed by atoms with van der Waals surface area (Å²) in [4.78, 5) is 15.3. The molecule has 124 valence electrons. The van der Waals surface area contributed by atoms with E-state index in [1.807, 2.05) is 0 Å². The van der Waals surface area contributed by atoms with Crippen molar-refractivity contribution in [1.29, 1.82) is 0 Å². The Balaban J connectivity index is 1.97. The first-order chi connectivity index (χ1) is 10.8. The Labute approximate surface area is 134 Å². The maximum atomic E-state index is 12.8. The highest BCUT2D eigenvalue weighted by Crippen LogP contribution is 2.33. The van der Waals surface area contributed by atoms with Gasteiger partial charge in [-0.25, -0.2) is 9.67 Å². The summed E-state index contributed by atoms with van der Waals surface area (Å²) in [6, 6.07) is 2.17. The molecule has 0 spiro atoms. The van der Waals surface area contributed by atoms with Crippen molar-refractivity contribution >= 4 is 23.1 Å². The standard InChI is InChI=1S/C13H13ClF3N5O/c1-22-12(23)10(14)9(7-21-22)18-5-6-20-11-8(13(15,16)17)3-2-4-19-11/h2-4,7,18H,5-6H2,1H3,(H,19,20). The summed E-state index contributed by atoms with van der Waals surface area (Å²) in [7, 11) is 1.46. The van der Waals surface area contributed by atoms with Gasteiger partial charge in [-0.15, -0.1) is 0 Å². The molecule has 0 amide bonds. The second-order valence-electron chi connectivity index (χ2n) is 4.55. The average molecular weight is 348 g/mol. The zero-order valence-electron chi connectivity index (χ0n) is 12.0. The molecule has 0 aliphatic heterocycles. The molecule has 0 saturated heterocycles. The van der Waals surface area contributed by atoms with Gasteiger partial charge in [0.05, 0.1) is 17.4 Å². The summed E-state index contributed by atoms with van der Waals surface area (Å²) in [5.74, 6) is -0.255. The highest BCUT2D eigenvalue weighted by atomic mass is 35.5. The molecule has 0 bridgehead atoms. The van der Waals surface area contributed by atoms with E-state index in [1.54, 1.807) is 0 Å². The van der Waals surface area contributed by atoms with E-state index in [1.165, 1.54) is 25.5 Å². The fraction of sp³-hybridized carbons (Fsp3) is 0.308. The quantitative estimate of drug-likeness (QED) is 0.812. The van der Waals surface area contributed by atoms with Crippen LogP contribution in [0.25, 0.3) is 0 Å². The molecule has 10 heteroatoms. The highest BCUT2D eigenvalue weighted by molar-refractivity contribution is 6.32. The molecule has 0 aliphatic carbocycles. The molecule has 23 heavy (non-hydrogen) atoms. The third-order valence-electron chi connectivity index (χ3n) is 2.92. The molecule has 2 aromatic heterocycles. The van der Waals surface area contributed by atoms with E-state index in [0.717, 1.165) is 10.7 Å². The zero-order valence-corrected chi connectivity index (χ0v) is 12.7. The van der Waals surface area contributed by atoms with Crippen LogP contribution in [-0.2, 0) is 13.2 Å². The third-order valence-corrected chi connectivity index (χ3v) is 3.29. The Kier molecular flexibility index (Phi) is 5.09. The zero-order chi connectivity index (χ0) is 17.0. The van der Waals surface area contributed by atoms with Crippen LogP contribution in [0.5, 0.6) is 0 Å². The van der Waals surface area contributed by atoms with Gasteiger partial charge >= 0.3 is 6.18 Å². The minimum atomic E-state index is -4.48. The lowest BCUT2D eigenvalue weighted by Crippen LogP contribution is -2.23. The topological polar surface area (TPSA) is 71.8 Å². The van der Waals surface area contributed by atoms with Crippen LogP contribution < -0.4 is 16.2 Å². The molecule has 0 aromatic carbocycles. The number of nitrogens with zero attached hydrogens (tertiary/aromatic N) is 3. The molecule has 0 radical (unpaired) electrons. The van der Waals surface area contributed by atoms with Gasteiger partial charge in [0.2, 0.25) is 0 Å². The molecule has 6 nitrogen and oxygen atoms in total. The van der Waals surface area contributed by atoms with Crippen LogP contribution in [0.2, 0.25) is 5.02 Å². The number of pyridine rings is 1. The lowest BCUT2D eigenvalue weighted by atomic mass is 10.2. The molecular formula is C13H13ClF3N5O. The van der Waals surface area contributed by atoms with Gasteiger partial charge in [-0.3, -0.25) is 4.79 Å². The number of aryl methyl sites for hydroxylation is 1. The van der Waals surface area contributed by atoms with Gasteiger partial charge in [-0.1, -0.05) is 11.6 Å². The molecule has 2 aromatic rings. The highest BCUT2D eigenvalue weighted by Gasteiger charge is 2.33. The summed E-state index contributed by atoms with van der Waals surface area (Å²) >= 11 is 5.86. The lowest BCUT2D eigenvalue weighted by molar-refractivity contribution is -0.137. The second-order valence-corrected chi connectivity index (χ2v) is 4.93. The first-order valence-corrected chi connectivity index (χ1v) is 6.90. The summed E-state index contributed by atoms with van der Waals surface area (Å²) in [5, 5.41) is 9.19. The maximum Gasteiger partial charge on any atom is 0.419 e. The fourth-order valence-electron chi connectivity index (χ4n) is 1.79. The molecule has 0 unspecified atom stereocenters. The molecule has 2 heterocycles.